The second-order valence-electron chi connectivity index (χ2n) is 6.19. The van der Waals surface area contributed by atoms with Gasteiger partial charge < -0.3 is 10.0 Å². The van der Waals surface area contributed by atoms with Crippen LogP contribution in [0.2, 0.25) is 0 Å². The Morgan fingerprint density at radius 1 is 1.39 bits per heavy atom. The third-order valence-electron chi connectivity index (χ3n) is 4.52. The van der Waals surface area contributed by atoms with E-state index < -0.39 is 0 Å². The van der Waals surface area contributed by atoms with Crippen molar-refractivity contribution >= 4 is 5.91 Å². The van der Waals surface area contributed by atoms with E-state index in [1.165, 1.54) is 6.33 Å². The Bertz CT molecular complexity index is 656. The van der Waals surface area contributed by atoms with E-state index in [-0.39, 0.29) is 17.9 Å². The Labute approximate surface area is 135 Å². The number of rotatable bonds is 5. The zero-order valence-electron chi connectivity index (χ0n) is 13.3. The van der Waals surface area contributed by atoms with Crippen LogP contribution in [-0.4, -0.2) is 50.4 Å². The smallest absolute Gasteiger partial charge is 0.253 e. The molecular formula is C17H22N4O2. The minimum Gasteiger partial charge on any atom is -0.393 e. The first kappa shape index (κ1) is 15.7. The van der Waals surface area contributed by atoms with Crippen LogP contribution in [0.25, 0.3) is 0 Å². The normalized spacial score (nSPS) is 20.6. The van der Waals surface area contributed by atoms with Crippen molar-refractivity contribution in [3.8, 4) is 0 Å². The lowest BCUT2D eigenvalue weighted by Gasteiger charge is -2.24. The zero-order valence-corrected chi connectivity index (χ0v) is 13.3. The third kappa shape index (κ3) is 3.59. The molecule has 23 heavy (non-hydrogen) atoms. The summed E-state index contributed by atoms with van der Waals surface area (Å²) in [4.78, 5) is 18.4. The highest BCUT2D eigenvalue weighted by Gasteiger charge is 2.28. The van der Waals surface area contributed by atoms with E-state index in [0.29, 0.717) is 18.7 Å². The van der Waals surface area contributed by atoms with Crippen molar-refractivity contribution in [2.24, 2.45) is 5.92 Å². The van der Waals surface area contributed by atoms with E-state index in [2.05, 4.69) is 10.1 Å². The minimum absolute atomic E-state index is 0.0141. The number of nitrogens with zero attached hydrogens (tertiary/aromatic N) is 4. The highest BCUT2D eigenvalue weighted by atomic mass is 16.3. The number of carbonyl (C=O) groups excluding carboxylic acids is 1. The van der Waals surface area contributed by atoms with E-state index in [1.807, 2.05) is 24.3 Å². The molecule has 0 saturated heterocycles. The van der Waals surface area contributed by atoms with Crippen LogP contribution in [0.1, 0.15) is 35.2 Å². The number of aromatic nitrogens is 3. The molecule has 0 bridgehead atoms. The van der Waals surface area contributed by atoms with Crippen LogP contribution in [0.15, 0.2) is 36.9 Å². The number of aliphatic hydroxyl groups is 1. The first-order valence-electron chi connectivity index (χ1n) is 7.99. The summed E-state index contributed by atoms with van der Waals surface area (Å²) < 4.78 is 1.70. The van der Waals surface area contributed by atoms with Crippen molar-refractivity contribution in [3.05, 3.63) is 48.0 Å². The molecule has 3 rings (SSSR count). The van der Waals surface area contributed by atoms with Crippen LogP contribution in [0.4, 0.5) is 0 Å². The Morgan fingerprint density at radius 3 is 2.91 bits per heavy atom. The fraction of sp³-hybridized carbons (Fsp3) is 0.471. The molecule has 0 radical (unpaired) electrons. The monoisotopic (exact) mass is 314 g/mol. The zero-order chi connectivity index (χ0) is 16.2. The van der Waals surface area contributed by atoms with Gasteiger partial charge in [0.15, 0.2) is 0 Å². The van der Waals surface area contributed by atoms with Gasteiger partial charge in [-0.05, 0) is 24.5 Å². The molecule has 1 aromatic carbocycles. The predicted octanol–water partition coefficient (Wildman–Crippen LogP) is 1.56. The first-order chi connectivity index (χ1) is 11.1. The van der Waals surface area contributed by atoms with Crippen molar-refractivity contribution in [2.75, 3.05) is 13.6 Å². The summed E-state index contributed by atoms with van der Waals surface area (Å²) in [6.07, 6.45) is 5.71. The fourth-order valence-corrected chi connectivity index (χ4v) is 3.23. The van der Waals surface area contributed by atoms with Gasteiger partial charge in [0.1, 0.15) is 12.7 Å². The molecule has 1 amide bonds. The van der Waals surface area contributed by atoms with E-state index in [4.69, 9.17) is 0 Å². The lowest BCUT2D eigenvalue weighted by atomic mass is 10.0. The summed E-state index contributed by atoms with van der Waals surface area (Å²) in [6.45, 7) is 1.11. The molecule has 0 spiro atoms. The van der Waals surface area contributed by atoms with Gasteiger partial charge in [-0.2, -0.15) is 5.10 Å². The molecule has 1 saturated carbocycles. The number of hydrogen-bond acceptors (Lipinski definition) is 4. The maximum absolute atomic E-state index is 12.8. The molecule has 6 nitrogen and oxygen atoms in total. The van der Waals surface area contributed by atoms with Crippen LogP contribution in [0.5, 0.6) is 0 Å². The van der Waals surface area contributed by atoms with Crippen molar-refractivity contribution in [1.29, 1.82) is 0 Å². The highest BCUT2D eigenvalue weighted by Crippen LogP contribution is 2.26. The second-order valence-corrected chi connectivity index (χ2v) is 6.19. The molecular weight excluding hydrogens is 292 g/mol. The van der Waals surface area contributed by atoms with Crippen molar-refractivity contribution in [3.63, 3.8) is 0 Å². The highest BCUT2D eigenvalue weighted by molar-refractivity contribution is 5.95. The molecule has 1 aliphatic rings. The maximum atomic E-state index is 12.8. The quantitative estimate of drug-likeness (QED) is 0.909. The van der Waals surface area contributed by atoms with Gasteiger partial charge >= 0.3 is 0 Å². The Morgan fingerprint density at radius 2 is 2.22 bits per heavy atom. The number of hydrogen-bond donors (Lipinski definition) is 1. The average molecular weight is 314 g/mol. The SMILES string of the molecule is CN(CC1CCCC1O)C(=O)c1ccccc1Cn1cncn1. The molecule has 6 heteroatoms. The van der Waals surface area contributed by atoms with Gasteiger partial charge in [-0.3, -0.25) is 4.79 Å². The number of carbonyl (C=O) groups is 1. The summed E-state index contributed by atoms with van der Waals surface area (Å²) in [7, 11) is 1.81. The lowest BCUT2D eigenvalue weighted by molar-refractivity contribution is 0.0692. The average Bonchev–Trinajstić information content (AvgIpc) is 3.20. The van der Waals surface area contributed by atoms with Gasteiger partial charge in [-0.1, -0.05) is 24.6 Å². The number of aliphatic hydroxyl groups excluding tert-OH is 1. The molecule has 2 atom stereocenters. The van der Waals surface area contributed by atoms with Gasteiger partial charge in [0.25, 0.3) is 5.91 Å². The van der Waals surface area contributed by atoms with Crippen LogP contribution in [0, 0.1) is 5.92 Å². The van der Waals surface area contributed by atoms with Crippen molar-refractivity contribution in [2.45, 2.75) is 31.9 Å². The first-order valence-corrected chi connectivity index (χ1v) is 7.99. The molecule has 2 aromatic rings. The van der Waals surface area contributed by atoms with E-state index in [9.17, 15) is 9.90 Å². The summed E-state index contributed by atoms with van der Waals surface area (Å²) >= 11 is 0. The molecule has 1 aromatic heterocycles. The van der Waals surface area contributed by atoms with Crippen LogP contribution >= 0.6 is 0 Å². The Balaban J connectivity index is 1.73. The molecule has 2 unspecified atom stereocenters. The third-order valence-corrected chi connectivity index (χ3v) is 4.52. The number of benzene rings is 1. The summed E-state index contributed by atoms with van der Waals surface area (Å²) in [5, 5.41) is 14.1. The summed E-state index contributed by atoms with van der Waals surface area (Å²) in [6, 6.07) is 7.57. The van der Waals surface area contributed by atoms with Gasteiger partial charge in [0.2, 0.25) is 0 Å². The standard InChI is InChI=1S/C17H22N4O2/c1-20(9-14-6-4-8-16(14)22)17(23)15-7-3-2-5-13(15)10-21-12-18-11-19-21/h2-3,5,7,11-12,14,16,22H,4,6,8-10H2,1H3. The van der Waals surface area contributed by atoms with Gasteiger partial charge in [-0.15, -0.1) is 0 Å². The Hall–Kier alpha value is -2.21. The van der Waals surface area contributed by atoms with Gasteiger partial charge in [0.05, 0.1) is 12.6 Å². The van der Waals surface area contributed by atoms with Crippen molar-refractivity contribution in [1.82, 2.24) is 19.7 Å². The molecule has 1 heterocycles. The predicted molar refractivity (Wildman–Crippen MR) is 85.9 cm³/mol. The summed E-state index contributed by atoms with van der Waals surface area (Å²) in [5.41, 5.74) is 1.60. The molecule has 0 aliphatic heterocycles. The van der Waals surface area contributed by atoms with Gasteiger partial charge in [-0.25, -0.2) is 9.67 Å². The second kappa shape index (κ2) is 6.91. The maximum Gasteiger partial charge on any atom is 0.253 e. The van der Waals surface area contributed by atoms with Crippen molar-refractivity contribution < 1.29 is 9.90 Å². The number of amides is 1. The topological polar surface area (TPSA) is 71.2 Å². The van der Waals surface area contributed by atoms with E-state index >= 15 is 0 Å². The van der Waals surface area contributed by atoms with Gasteiger partial charge in [0, 0.05) is 25.1 Å². The Kier molecular flexibility index (Phi) is 4.71. The molecule has 1 aliphatic carbocycles. The minimum atomic E-state index is -0.282. The summed E-state index contributed by atoms with van der Waals surface area (Å²) in [5.74, 6) is 0.172. The lowest BCUT2D eigenvalue weighted by Crippen LogP contribution is -2.35. The largest absolute Gasteiger partial charge is 0.393 e. The van der Waals surface area contributed by atoms with E-state index in [0.717, 1.165) is 24.8 Å². The molecule has 122 valence electrons. The van der Waals surface area contributed by atoms with Crippen LogP contribution in [-0.2, 0) is 6.54 Å². The molecule has 1 fully saturated rings. The van der Waals surface area contributed by atoms with Crippen LogP contribution < -0.4 is 0 Å². The fourth-order valence-electron chi connectivity index (χ4n) is 3.23. The van der Waals surface area contributed by atoms with Crippen LogP contribution in [0.3, 0.4) is 0 Å². The molecule has 1 N–H and O–H groups in total. The van der Waals surface area contributed by atoms with E-state index in [1.54, 1.807) is 23.0 Å².